The van der Waals surface area contributed by atoms with E-state index in [2.05, 4.69) is 34.9 Å². The minimum atomic E-state index is -0.312. The van der Waals surface area contributed by atoms with Gasteiger partial charge in [-0.05, 0) is 49.1 Å². The monoisotopic (exact) mass is 427 g/mol. The molecule has 3 heterocycles. The van der Waals surface area contributed by atoms with Crippen molar-refractivity contribution >= 4 is 40.7 Å². The average Bonchev–Trinajstić information content (AvgIpc) is 3.27. The van der Waals surface area contributed by atoms with Crippen LogP contribution in [0.15, 0.2) is 41.4 Å². The molecule has 0 bridgehead atoms. The Labute approximate surface area is 180 Å². The quantitative estimate of drug-likeness (QED) is 0.635. The van der Waals surface area contributed by atoms with Crippen LogP contribution in [0.1, 0.15) is 52.9 Å². The van der Waals surface area contributed by atoms with Crippen molar-refractivity contribution in [2.45, 2.75) is 32.1 Å². The van der Waals surface area contributed by atoms with Gasteiger partial charge in [-0.1, -0.05) is 18.7 Å². The molecule has 5 rings (SSSR count). The third kappa shape index (κ3) is 3.16. The van der Waals surface area contributed by atoms with E-state index in [9.17, 15) is 9.18 Å². The summed E-state index contributed by atoms with van der Waals surface area (Å²) in [5.41, 5.74) is 6.15. The molecule has 1 saturated heterocycles. The van der Waals surface area contributed by atoms with Crippen LogP contribution < -0.4 is 10.2 Å². The van der Waals surface area contributed by atoms with Crippen LogP contribution in [0.4, 0.5) is 10.1 Å². The summed E-state index contributed by atoms with van der Waals surface area (Å²) < 4.78 is 18.8. The summed E-state index contributed by atoms with van der Waals surface area (Å²) in [4.78, 5) is 14.5. The van der Waals surface area contributed by atoms with Gasteiger partial charge in [-0.25, -0.2) is 4.39 Å². The van der Waals surface area contributed by atoms with Gasteiger partial charge in [-0.2, -0.15) is 0 Å². The van der Waals surface area contributed by atoms with Crippen LogP contribution in [0.5, 0.6) is 0 Å². The smallest absolute Gasteiger partial charge is 0.256 e. The Morgan fingerprint density at radius 2 is 2.03 bits per heavy atom. The van der Waals surface area contributed by atoms with Crippen molar-refractivity contribution in [2.75, 3.05) is 18.0 Å². The Bertz CT molecular complexity index is 1150. The van der Waals surface area contributed by atoms with Crippen molar-refractivity contribution in [3.8, 4) is 0 Å². The Balaban J connectivity index is 0.00000218. The van der Waals surface area contributed by atoms with Gasteiger partial charge in [0.1, 0.15) is 5.82 Å². The SMILES string of the molecule is C=C1NC(=O)c2ccc(N3CCC(c4noc5cc(F)ccc45)CC3)c(CC)c21.Cl. The lowest BCUT2D eigenvalue weighted by Gasteiger charge is -2.34. The normalized spacial score (nSPS) is 16.5. The van der Waals surface area contributed by atoms with Crippen molar-refractivity contribution in [1.82, 2.24) is 10.5 Å². The first-order valence-electron chi connectivity index (χ1n) is 10.0. The number of nitrogens with one attached hydrogen (secondary N) is 1. The van der Waals surface area contributed by atoms with Crippen LogP contribution >= 0.6 is 12.4 Å². The molecule has 5 nitrogen and oxygen atoms in total. The molecule has 0 radical (unpaired) electrons. The number of benzene rings is 2. The number of hydrogen-bond acceptors (Lipinski definition) is 4. The topological polar surface area (TPSA) is 58.4 Å². The molecule has 156 valence electrons. The van der Waals surface area contributed by atoms with E-state index in [1.165, 1.54) is 23.4 Å². The third-order valence-corrected chi connectivity index (χ3v) is 6.14. The molecule has 0 atom stereocenters. The highest BCUT2D eigenvalue weighted by atomic mass is 35.5. The lowest BCUT2D eigenvalue weighted by Crippen LogP contribution is -2.33. The van der Waals surface area contributed by atoms with E-state index in [1.54, 1.807) is 6.07 Å². The summed E-state index contributed by atoms with van der Waals surface area (Å²) in [6.07, 6.45) is 2.72. The lowest BCUT2D eigenvalue weighted by atomic mass is 9.90. The maximum Gasteiger partial charge on any atom is 0.256 e. The van der Waals surface area contributed by atoms with Gasteiger partial charge in [0.15, 0.2) is 5.58 Å². The first-order valence-corrected chi connectivity index (χ1v) is 10.0. The molecule has 7 heteroatoms. The molecular weight excluding hydrogens is 405 g/mol. The first kappa shape index (κ1) is 20.4. The molecule has 0 saturated carbocycles. The Hall–Kier alpha value is -2.86. The number of amides is 1. The summed E-state index contributed by atoms with van der Waals surface area (Å²) in [7, 11) is 0. The second-order valence-corrected chi connectivity index (χ2v) is 7.74. The highest BCUT2D eigenvalue weighted by Gasteiger charge is 2.30. The minimum absolute atomic E-state index is 0. The number of hydrogen-bond donors (Lipinski definition) is 1. The highest BCUT2D eigenvalue weighted by Crippen LogP contribution is 2.38. The van der Waals surface area contributed by atoms with Crippen molar-refractivity contribution in [3.63, 3.8) is 0 Å². The number of fused-ring (bicyclic) bond motifs is 2. The number of anilines is 1. The van der Waals surface area contributed by atoms with E-state index in [4.69, 9.17) is 4.52 Å². The standard InChI is InChI=1S/C23H22FN3O2.ClH/c1-3-16-19(7-6-18-21(16)13(2)25-23(18)28)27-10-8-14(9-11-27)22-17-5-4-15(24)12-20(17)29-26-22;/h4-7,12,14H,2-3,8-11H2,1H3,(H,25,28);1H. The van der Waals surface area contributed by atoms with E-state index in [1.807, 2.05) is 6.07 Å². The number of carbonyl (C=O) groups excluding carboxylic acids is 1. The molecule has 1 amide bonds. The van der Waals surface area contributed by atoms with Crippen molar-refractivity contribution < 1.29 is 13.7 Å². The fourth-order valence-corrected chi connectivity index (χ4v) is 4.71. The third-order valence-electron chi connectivity index (χ3n) is 6.14. The Morgan fingerprint density at radius 3 is 2.77 bits per heavy atom. The zero-order valence-corrected chi connectivity index (χ0v) is 17.5. The summed E-state index contributed by atoms with van der Waals surface area (Å²) in [5.74, 6) is -0.0942. The molecule has 0 spiro atoms. The summed E-state index contributed by atoms with van der Waals surface area (Å²) in [6.45, 7) is 7.92. The first-order chi connectivity index (χ1) is 14.1. The number of piperidine rings is 1. The number of nitrogens with zero attached hydrogens (tertiary/aromatic N) is 2. The van der Waals surface area contributed by atoms with Crippen LogP contribution in [-0.4, -0.2) is 24.2 Å². The number of halogens is 2. The molecular formula is C23H23ClFN3O2. The molecule has 2 aliphatic rings. The molecule has 2 aliphatic heterocycles. The Morgan fingerprint density at radius 1 is 1.27 bits per heavy atom. The fraction of sp³-hybridized carbons (Fsp3) is 0.304. The molecule has 30 heavy (non-hydrogen) atoms. The van der Waals surface area contributed by atoms with E-state index in [0.717, 1.165) is 49.0 Å². The molecule has 1 aromatic heterocycles. The molecule has 1 N–H and O–H groups in total. The second-order valence-electron chi connectivity index (χ2n) is 7.74. The maximum atomic E-state index is 13.4. The molecule has 0 unspecified atom stereocenters. The van der Waals surface area contributed by atoms with Gasteiger partial charge >= 0.3 is 0 Å². The predicted molar refractivity (Wildman–Crippen MR) is 118 cm³/mol. The van der Waals surface area contributed by atoms with Gasteiger partial charge < -0.3 is 14.7 Å². The van der Waals surface area contributed by atoms with Gasteiger partial charge in [0.2, 0.25) is 0 Å². The minimum Gasteiger partial charge on any atom is -0.371 e. The van der Waals surface area contributed by atoms with E-state index in [0.29, 0.717) is 16.8 Å². The van der Waals surface area contributed by atoms with Crippen LogP contribution in [0, 0.1) is 5.82 Å². The Kier molecular flexibility index (Phi) is 5.28. The zero-order valence-electron chi connectivity index (χ0n) is 16.7. The van der Waals surface area contributed by atoms with Crippen LogP contribution in [0.3, 0.4) is 0 Å². The number of aromatic nitrogens is 1. The van der Waals surface area contributed by atoms with Crippen molar-refractivity contribution in [2.24, 2.45) is 0 Å². The lowest BCUT2D eigenvalue weighted by molar-refractivity contribution is 0.0981. The van der Waals surface area contributed by atoms with E-state index >= 15 is 0 Å². The van der Waals surface area contributed by atoms with Gasteiger partial charge in [0.25, 0.3) is 5.91 Å². The van der Waals surface area contributed by atoms with Crippen molar-refractivity contribution in [3.05, 3.63) is 65.1 Å². The van der Waals surface area contributed by atoms with Crippen LogP contribution in [-0.2, 0) is 6.42 Å². The zero-order chi connectivity index (χ0) is 20.1. The maximum absolute atomic E-state index is 13.4. The second kappa shape index (κ2) is 7.76. The fourth-order valence-electron chi connectivity index (χ4n) is 4.71. The summed E-state index contributed by atoms with van der Waals surface area (Å²) in [6, 6.07) is 8.57. The van der Waals surface area contributed by atoms with Gasteiger partial charge in [-0.3, -0.25) is 4.79 Å². The van der Waals surface area contributed by atoms with Crippen molar-refractivity contribution in [1.29, 1.82) is 0 Å². The average molecular weight is 428 g/mol. The van der Waals surface area contributed by atoms with Crippen LogP contribution in [0.25, 0.3) is 16.7 Å². The largest absolute Gasteiger partial charge is 0.371 e. The molecule has 3 aromatic rings. The van der Waals surface area contributed by atoms with E-state index < -0.39 is 0 Å². The van der Waals surface area contributed by atoms with Gasteiger partial charge in [0.05, 0.1) is 5.69 Å². The molecule has 0 aliphatic carbocycles. The summed E-state index contributed by atoms with van der Waals surface area (Å²) in [5, 5.41) is 7.98. The van der Waals surface area contributed by atoms with Gasteiger partial charge in [-0.15, -0.1) is 12.4 Å². The predicted octanol–water partition coefficient (Wildman–Crippen LogP) is 5.05. The van der Waals surface area contributed by atoms with Gasteiger partial charge in [0, 0.05) is 53.0 Å². The molecule has 1 fully saturated rings. The van der Waals surface area contributed by atoms with E-state index in [-0.39, 0.29) is 30.0 Å². The number of carbonyl (C=O) groups is 1. The highest BCUT2D eigenvalue weighted by molar-refractivity contribution is 6.10. The summed E-state index contributed by atoms with van der Waals surface area (Å²) >= 11 is 0. The van der Waals surface area contributed by atoms with Crippen LogP contribution in [0.2, 0.25) is 0 Å². The molecule has 2 aromatic carbocycles. The number of rotatable bonds is 3.